The summed E-state index contributed by atoms with van der Waals surface area (Å²) in [4.78, 5) is 15.1. The van der Waals surface area contributed by atoms with Crippen LogP contribution in [0, 0.1) is 5.82 Å². The van der Waals surface area contributed by atoms with E-state index in [0.717, 1.165) is 0 Å². The molecule has 0 radical (unpaired) electrons. The lowest BCUT2D eigenvalue weighted by molar-refractivity contribution is -0.0588. The van der Waals surface area contributed by atoms with Crippen LogP contribution in [-0.4, -0.2) is 45.9 Å². The number of hydrogen-bond acceptors (Lipinski definition) is 3. The predicted molar refractivity (Wildman–Crippen MR) is 110 cm³/mol. The van der Waals surface area contributed by atoms with Gasteiger partial charge in [0.1, 0.15) is 11.5 Å². The molecule has 4 rings (SSSR count). The van der Waals surface area contributed by atoms with Crippen LogP contribution in [0.15, 0.2) is 54.6 Å². The van der Waals surface area contributed by atoms with E-state index < -0.39 is 5.82 Å². The third kappa shape index (κ3) is 3.91. The molecule has 0 bridgehead atoms. The lowest BCUT2D eigenvalue weighted by Crippen LogP contribution is -2.48. The number of amides is 1. The van der Waals surface area contributed by atoms with Crippen molar-refractivity contribution in [3.8, 4) is 16.9 Å². The Balaban J connectivity index is 1.82. The summed E-state index contributed by atoms with van der Waals surface area (Å²) in [7, 11) is 0. The van der Waals surface area contributed by atoms with Gasteiger partial charge in [-0.15, -0.1) is 0 Å². The minimum absolute atomic E-state index is 0.0644. The van der Waals surface area contributed by atoms with Crippen molar-refractivity contribution in [2.24, 2.45) is 0 Å². The summed E-state index contributed by atoms with van der Waals surface area (Å²) in [5.41, 5.74) is 1.60. The summed E-state index contributed by atoms with van der Waals surface area (Å²) in [6.45, 7) is 4.83. The number of hydrogen-bond donors (Lipinski definition) is 0. The lowest BCUT2D eigenvalue weighted by atomic mass is 10.1. The van der Waals surface area contributed by atoms with Crippen molar-refractivity contribution in [3.63, 3.8) is 0 Å². The lowest BCUT2D eigenvalue weighted by Gasteiger charge is -2.35. The number of nitrogens with zero attached hydrogens (tertiary/aromatic N) is 3. The van der Waals surface area contributed by atoms with Crippen LogP contribution < -0.4 is 0 Å². The van der Waals surface area contributed by atoms with Crippen molar-refractivity contribution in [1.82, 2.24) is 14.7 Å². The molecule has 2 aromatic carbocycles. The molecule has 2 atom stereocenters. The fourth-order valence-corrected chi connectivity index (χ4v) is 3.86. The van der Waals surface area contributed by atoms with E-state index >= 15 is 0 Å². The first-order chi connectivity index (χ1) is 13.9. The highest BCUT2D eigenvalue weighted by Gasteiger charge is 2.30. The van der Waals surface area contributed by atoms with Crippen LogP contribution in [0.2, 0.25) is 5.02 Å². The average molecular weight is 414 g/mol. The molecule has 7 heteroatoms. The number of aromatic nitrogens is 2. The van der Waals surface area contributed by atoms with E-state index in [1.165, 1.54) is 10.7 Å². The zero-order valence-corrected chi connectivity index (χ0v) is 16.9. The van der Waals surface area contributed by atoms with Gasteiger partial charge >= 0.3 is 0 Å². The molecule has 2 heterocycles. The van der Waals surface area contributed by atoms with Gasteiger partial charge in [-0.2, -0.15) is 5.10 Å². The largest absolute Gasteiger partial charge is 0.372 e. The summed E-state index contributed by atoms with van der Waals surface area (Å²) in [5.74, 6) is -0.592. The number of carbonyl (C=O) groups is 1. The van der Waals surface area contributed by atoms with Crippen molar-refractivity contribution in [3.05, 3.63) is 71.1 Å². The average Bonchev–Trinajstić information content (AvgIpc) is 3.12. The first kappa shape index (κ1) is 19.6. The molecule has 150 valence electrons. The van der Waals surface area contributed by atoms with Crippen LogP contribution in [0.1, 0.15) is 24.3 Å². The smallest absolute Gasteiger partial charge is 0.272 e. The van der Waals surface area contributed by atoms with Crippen LogP contribution in [-0.2, 0) is 4.74 Å². The molecule has 1 amide bonds. The quantitative estimate of drug-likeness (QED) is 0.631. The molecule has 0 aliphatic carbocycles. The van der Waals surface area contributed by atoms with E-state index in [2.05, 4.69) is 5.10 Å². The Bertz CT molecular complexity index is 1040. The Kier molecular flexibility index (Phi) is 5.39. The third-order valence-corrected chi connectivity index (χ3v) is 5.19. The maximum Gasteiger partial charge on any atom is 0.272 e. The molecule has 3 aromatic rings. The molecular weight excluding hydrogens is 393 g/mol. The summed E-state index contributed by atoms with van der Waals surface area (Å²) < 4.78 is 21.6. The van der Waals surface area contributed by atoms with E-state index in [1.807, 2.05) is 19.9 Å². The second kappa shape index (κ2) is 7.97. The van der Waals surface area contributed by atoms with E-state index in [1.54, 1.807) is 47.4 Å². The number of rotatable bonds is 3. The summed E-state index contributed by atoms with van der Waals surface area (Å²) in [5, 5.41) is 4.99. The maximum atomic E-state index is 14.4. The zero-order chi connectivity index (χ0) is 20.5. The number of ether oxygens (including phenoxy) is 1. The predicted octanol–water partition coefficient (Wildman–Crippen LogP) is 4.58. The molecule has 29 heavy (non-hydrogen) atoms. The number of benzene rings is 2. The van der Waals surface area contributed by atoms with Crippen molar-refractivity contribution in [1.29, 1.82) is 0 Å². The minimum atomic E-state index is -0.399. The standard InChI is InChI=1S/C22H21ClFN3O2/c1-14-12-26(13-15(2)29-14)22(28)21-11-19(16-7-3-5-9-18(16)24)25-27(21)20-10-6-4-8-17(20)23/h3-11,14-15H,12-13H2,1-2H3/t14-,15-/m0/s1. The first-order valence-corrected chi connectivity index (χ1v) is 9.86. The second-order valence-electron chi connectivity index (χ2n) is 7.23. The molecule has 1 aliphatic rings. The van der Waals surface area contributed by atoms with Crippen LogP contribution >= 0.6 is 11.6 Å². The normalized spacial score (nSPS) is 19.4. The van der Waals surface area contributed by atoms with Gasteiger partial charge in [-0.3, -0.25) is 4.79 Å². The Morgan fingerprint density at radius 2 is 1.76 bits per heavy atom. The van der Waals surface area contributed by atoms with Crippen LogP contribution in [0.25, 0.3) is 16.9 Å². The minimum Gasteiger partial charge on any atom is -0.372 e. The van der Waals surface area contributed by atoms with Crippen molar-refractivity contribution < 1.29 is 13.9 Å². The van der Waals surface area contributed by atoms with Gasteiger partial charge in [-0.1, -0.05) is 35.9 Å². The van der Waals surface area contributed by atoms with Crippen LogP contribution in [0.4, 0.5) is 4.39 Å². The summed E-state index contributed by atoms with van der Waals surface area (Å²) >= 11 is 6.37. The van der Waals surface area contributed by atoms with Crippen LogP contribution in [0.3, 0.4) is 0 Å². The van der Waals surface area contributed by atoms with E-state index in [4.69, 9.17) is 16.3 Å². The summed E-state index contributed by atoms with van der Waals surface area (Å²) in [6.07, 6.45) is -0.129. The third-order valence-electron chi connectivity index (χ3n) is 4.87. The summed E-state index contributed by atoms with van der Waals surface area (Å²) in [6, 6.07) is 15.1. The Morgan fingerprint density at radius 3 is 2.45 bits per heavy atom. The Labute approximate surface area is 173 Å². The van der Waals surface area contributed by atoms with E-state index in [0.29, 0.717) is 40.8 Å². The topological polar surface area (TPSA) is 47.4 Å². The number of para-hydroxylation sites is 1. The molecular formula is C22H21ClFN3O2. The van der Waals surface area contributed by atoms with Crippen molar-refractivity contribution in [2.45, 2.75) is 26.1 Å². The van der Waals surface area contributed by atoms with Gasteiger partial charge in [0.15, 0.2) is 0 Å². The Morgan fingerprint density at radius 1 is 1.10 bits per heavy atom. The van der Waals surface area contributed by atoms with Gasteiger partial charge in [-0.05, 0) is 44.2 Å². The molecule has 0 unspecified atom stereocenters. The molecule has 0 saturated carbocycles. The number of carbonyl (C=O) groups excluding carboxylic acids is 1. The molecule has 0 spiro atoms. The highest BCUT2D eigenvalue weighted by molar-refractivity contribution is 6.32. The van der Waals surface area contributed by atoms with Gasteiger partial charge in [0, 0.05) is 18.7 Å². The molecule has 1 aromatic heterocycles. The highest BCUT2D eigenvalue weighted by Crippen LogP contribution is 2.28. The second-order valence-corrected chi connectivity index (χ2v) is 7.63. The van der Waals surface area contributed by atoms with E-state index in [9.17, 15) is 9.18 Å². The molecule has 1 aliphatic heterocycles. The SMILES string of the molecule is C[C@H]1CN(C(=O)c2cc(-c3ccccc3F)nn2-c2ccccc2Cl)C[C@H](C)O1. The fourth-order valence-electron chi connectivity index (χ4n) is 3.65. The Hall–Kier alpha value is -2.70. The maximum absolute atomic E-state index is 14.4. The first-order valence-electron chi connectivity index (χ1n) is 9.48. The number of halogens is 2. The number of morpholine rings is 1. The molecule has 0 N–H and O–H groups in total. The van der Waals surface area contributed by atoms with Gasteiger partial charge in [0.05, 0.1) is 28.6 Å². The van der Waals surface area contributed by atoms with E-state index in [-0.39, 0.29) is 18.1 Å². The van der Waals surface area contributed by atoms with Crippen LogP contribution in [0.5, 0.6) is 0 Å². The molecule has 5 nitrogen and oxygen atoms in total. The van der Waals surface area contributed by atoms with Gasteiger partial charge < -0.3 is 9.64 Å². The zero-order valence-electron chi connectivity index (χ0n) is 16.2. The monoisotopic (exact) mass is 413 g/mol. The molecule has 1 fully saturated rings. The highest BCUT2D eigenvalue weighted by atomic mass is 35.5. The fraction of sp³-hybridized carbons (Fsp3) is 0.273. The van der Waals surface area contributed by atoms with Gasteiger partial charge in [-0.25, -0.2) is 9.07 Å². The van der Waals surface area contributed by atoms with Gasteiger partial charge in [0.2, 0.25) is 0 Å². The van der Waals surface area contributed by atoms with Crippen molar-refractivity contribution >= 4 is 17.5 Å². The van der Waals surface area contributed by atoms with Crippen molar-refractivity contribution in [2.75, 3.05) is 13.1 Å². The molecule has 1 saturated heterocycles. The van der Waals surface area contributed by atoms with Gasteiger partial charge in [0.25, 0.3) is 5.91 Å².